The third kappa shape index (κ3) is 4.92. The van der Waals surface area contributed by atoms with E-state index in [-0.39, 0.29) is 10.9 Å². The van der Waals surface area contributed by atoms with E-state index in [0.717, 1.165) is 18.5 Å². The molecule has 1 aromatic rings. The second kappa shape index (κ2) is 7.37. The molecule has 0 saturated carbocycles. The largest absolute Gasteiger partial charge is 0.369 e. The fraction of sp³-hybridized carbons (Fsp3) is 0.462. The zero-order valence-corrected chi connectivity index (χ0v) is 12.5. The van der Waals surface area contributed by atoms with Crippen molar-refractivity contribution in [2.45, 2.75) is 31.2 Å². The van der Waals surface area contributed by atoms with Gasteiger partial charge >= 0.3 is 0 Å². The number of carbonyl (C=O) groups excluding carboxylic acids is 1. The first-order valence-electron chi connectivity index (χ1n) is 6.48. The second-order valence-corrected chi connectivity index (χ2v) is 6.31. The van der Waals surface area contributed by atoms with Crippen molar-refractivity contribution in [1.29, 1.82) is 0 Å². The van der Waals surface area contributed by atoms with Crippen LogP contribution in [0, 0.1) is 0 Å². The molecule has 0 aliphatic rings. The number of sulfonamides is 1. The van der Waals surface area contributed by atoms with Crippen LogP contribution in [-0.2, 0) is 14.8 Å². The van der Waals surface area contributed by atoms with Crippen molar-refractivity contribution in [1.82, 2.24) is 10.0 Å². The number of carbonyl (C=O) groups is 1. The van der Waals surface area contributed by atoms with Crippen molar-refractivity contribution in [3.8, 4) is 0 Å². The lowest BCUT2D eigenvalue weighted by molar-refractivity contribution is -0.116. The number of nitrogens with one attached hydrogen (secondary N) is 2. The predicted molar refractivity (Wildman–Crippen MR) is 77.5 cm³/mol. The summed E-state index contributed by atoms with van der Waals surface area (Å²) in [4.78, 5) is 10.8. The molecule has 0 aromatic heterocycles. The summed E-state index contributed by atoms with van der Waals surface area (Å²) in [7, 11) is -3.71. The van der Waals surface area contributed by atoms with Crippen LogP contribution in [0.5, 0.6) is 0 Å². The average Bonchev–Trinajstić information content (AvgIpc) is 2.43. The van der Waals surface area contributed by atoms with Crippen LogP contribution in [0.1, 0.15) is 31.9 Å². The molecule has 1 aromatic carbocycles. The standard InChI is InChI=1S/C13H21N3O3S/c1-3-7-15-10(2)11-5-4-6-12(8-11)20(18,19)16-9-13(14)17/h4-6,8,10,15-16H,3,7,9H2,1-2H3,(H2,14,17). The first-order valence-corrected chi connectivity index (χ1v) is 7.96. The highest BCUT2D eigenvalue weighted by Gasteiger charge is 2.16. The summed E-state index contributed by atoms with van der Waals surface area (Å²) in [5.74, 6) is -0.720. The van der Waals surface area contributed by atoms with E-state index < -0.39 is 22.5 Å². The highest BCUT2D eigenvalue weighted by molar-refractivity contribution is 7.89. The van der Waals surface area contributed by atoms with Gasteiger partial charge in [-0.25, -0.2) is 13.1 Å². The quantitative estimate of drug-likeness (QED) is 0.651. The highest BCUT2D eigenvalue weighted by atomic mass is 32.2. The van der Waals surface area contributed by atoms with E-state index in [1.54, 1.807) is 12.1 Å². The molecule has 0 spiro atoms. The van der Waals surface area contributed by atoms with E-state index in [4.69, 9.17) is 5.73 Å². The number of hydrogen-bond donors (Lipinski definition) is 3. The lowest BCUT2D eigenvalue weighted by Gasteiger charge is -2.15. The lowest BCUT2D eigenvalue weighted by atomic mass is 10.1. The topological polar surface area (TPSA) is 101 Å². The third-order valence-electron chi connectivity index (χ3n) is 2.81. The molecule has 1 atom stereocenters. The minimum Gasteiger partial charge on any atom is -0.369 e. The van der Waals surface area contributed by atoms with E-state index in [9.17, 15) is 13.2 Å². The van der Waals surface area contributed by atoms with Gasteiger partial charge in [-0.15, -0.1) is 0 Å². The minimum absolute atomic E-state index is 0.0567. The van der Waals surface area contributed by atoms with Crippen molar-refractivity contribution in [3.05, 3.63) is 29.8 Å². The Morgan fingerprint density at radius 2 is 2.10 bits per heavy atom. The molecule has 0 saturated heterocycles. The molecule has 1 unspecified atom stereocenters. The monoisotopic (exact) mass is 299 g/mol. The van der Waals surface area contributed by atoms with Gasteiger partial charge in [0.05, 0.1) is 11.4 Å². The summed E-state index contributed by atoms with van der Waals surface area (Å²) in [5, 5.41) is 3.29. The maximum Gasteiger partial charge on any atom is 0.241 e. The summed E-state index contributed by atoms with van der Waals surface area (Å²) in [6, 6.07) is 6.68. The van der Waals surface area contributed by atoms with Crippen LogP contribution in [0.15, 0.2) is 29.2 Å². The van der Waals surface area contributed by atoms with Gasteiger partial charge in [0.15, 0.2) is 0 Å². The van der Waals surface area contributed by atoms with Crippen molar-refractivity contribution in [3.63, 3.8) is 0 Å². The lowest BCUT2D eigenvalue weighted by Crippen LogP contribution is -2.33. The molecule has 0 aliphatic carbocycles. The Labute approximate surface area is 119 Å². The normalized spacial score (nSPS) is 13.1. The Morgan fingerprint density at radius 3 is 2.70 bits per heavy atom. The van der Waals surface area contributed by atoms with Crippen molar-refractivity contribution in [2.75, 3.05) is 13.1 Å². The summed E-state index contributed by atoms with van der Waals surface area (Å²) in [6.45, 7) is 4.49. The van der Waals surface area contributed by atoms with Gasteiger partial charge in [-0.1, -0.05) is 19.1 Å². The molecule has 0 aliphatic heterocycles. The first kappa shape index (κ1) is 16.6. The molecule has 1 rings (SSSR count). The van der Waals surface area contributed by atoms with Crippen LogP contribution in [0.4, 0.5) is 0 Å². The van der Waals surface area contributed by atoms with Crippen LogP contribution >= 0.6 is 0 Å². The van der Waals surface area contributed by atoms with Gasteiger partial charge in [0.2, 0.25) is 15.9 Å². The fourth-order valence-electron chi connectivity index (χ4n) is 1.68. The maximum atomic E-state index is 12.0. The van der Waals surface area contributed by atoms with E-state index in [1.807, 2.05) is 13.0 Å². The van der Waals surface area contributed by atoms with Gasteiger partial charge in [0.25, 0.3) is 0 Å². The third-order valence-corrected chi connectivity index (χ3v) is 4.20. The number of rotatable bonds is 8. The molecule has 4 N–H and O–H groups in total. The average molecular weight is 299 g/mol. The van der Waals surface area contributed by atoms with E-state index >= 15 is 0 Å². The number of primary amides is 1. The van der Waals surface area contributed by atoms with Gasteiger partial charge in [0.1, 0.15) is 0 Å². The molecule has 7 heteroatoms. The summed E-state index contributed by atoms with van der Waals surface area (Å²) in [6.07, 6.45) is 1.00. The van der Waals surface area contributed by atoms with Crippen LogP contribution in [0.2, 0.25) is 0 Å². The number of amides is 1. The Kier molecular flexibility index (Phi) is 6.12. The van der Waals surface area contributed by atoms with E-state index in [1.165, 1.54) is 6.07 Å². The minimum atomic E-state index is -3.71. The van der Waals surface area contributed by atoms with Gasteiger partial charge in [-0.3, -0.25) is 4.79 Å². The van der Waals surface area contributed by atoms with Crippen LogP contribution in [-0.4, -0.2) is 27.4 Å². The van der Waals surface area contributed by atoms with Crippen molar-refractivity contribution < 1.29 is 13.2 Å². The van der Waals surface area contributed by atoms with E-state index in [0.29, 0.717) is 0 Å². The first-order chi connectivity index (χ1) is 9.36. The number of hydrogen-bond acceptors (Lipinski definition) is 4. The molecule has 0 bridgehead atoms. The zero-order chi connectivity index (χ0) is 15.2. The Morgan fingerprint density at radius 1 is 1.40 bits per heavy atom. The summed E-state index contributed by atoms with van der Waals surface area (Å²) >= 11 is 0. The molecule has 112 valence electrons. The molecule has 6 nitrogen and oxygen atoms in total. The molecular formula is C13H21N3O3S. The Bertz CT molecular complexity index is 558. The summed E-state index contributed by atoms with van der Waals surface area (Å²) in [5.41, 5.74) is 5.81. The molecule has 1 amide bonds. The maximum absolute atomic E-state index is 12.0. The number of benzene rings is 1. The SMILES string of the molecule is CCCNC(C)c1cccc(S(=O)(=O)NCC(N)=O)c1. The van der Waals surface area contributed by atoms with Crippen molar-refractivity contribution in [2.24, 2.45) is 5.73 Å². The van der Waals surface area contributed by atoms with E-state index in [2.05, 4.69) is 17.0 Å². The fourth-order valence-corrected chi connectivity index (χ4v) is 2.73. The van der Waals surface area contributed by atoms with Crippen LogP contribution < -0.4 is 15.8 Å². The second-order valence-electron chi connectivity index (χ2n) is 4.54. The smallest absolute Gasteiger partial charge is 0.241 e. The predicted octanol–water partition coefficient (Wildman–Crippen LogP) is 0.511. The molecule has 20 heavy (non-hydrogen) atoms. The Balaban J connectivity index is 2.89. The number of nitrogens with two attached hydrogens (primary N) is 1. The molecule has 0 heterocycles. The van der Waals surface area contributed by atoms with Gasteiger partial charge in [0, 0.05) is 6.04 Å². The van der Waals surface area contributed by atoms with Gasteiger partial charge in [-0.2, -0.15) is 0 Å². The molecular weight excluding hydrogens is 278 g/mol. The highest BCUT2D eigenvalue weighted by Crippen LogP contribution is 2.17. The summed E-state index contributed by atoms with van der Waals surface area (Å²) < 4.78 is 26.1. The van der Waals surface area contributed by atoms with Crippen molar-refractivity contribution >= 4 is 15.9 Å². The molecule has 0 radical (unpaired) electrons. The van der Waals surface area contributed by atoms with Gasteiger partial charge < -0.3 is 11.1 Å². The zero-order valence-electron chi connectivity index (χ0n) is 11.7. The van der Waals surface area contributed by atoms with Crippen LogP contribution in [0.3, 0.4) is 0 Å². The Hall–Kier alpha value is -1.44. The van der Waals surface area contributed by atoms with Gasteiger partial charge in [-0.05, 0) is 37.6 Å². The molecule has 0 fully saturated rings. The van der Waals surface area contributed by atoms with Crippen LogP contribution in [0.25, 0.3) is 0 Å².